The summed E-state index contributed by atoms with van der Waals surface area (Å²) in [7, 11) is -21.5. The maximum atomic E-state index is 11.0. The van der Waals surface area contributed by atoms with E-state index in [1.54, 1.807) is 0 Å². The van der Waals surface area contributed by atoms with Crippen LogP contribution in [0.2, 0.25) is 0 Å². The average Bonchev–Trinajstić information content (AvgIpc) is 3.34. The molecule has 0 bridgehead atoms. The summed E-state index contributed by atoms with van der Waals surface area (Å²) in [5, 5.41) is 12.3. The van der Waals surface area contributed by atoms with Crippen molar-refractivity contribution in [3.05, 3.63) is 37.4 Å². The first-order chi connectivity index (χ1) is 15.2. The van der Waals surface area contributed by atoms with Crippen LogP contribution in [0.5, 0.6) is 0 Å². The third-order valence-electron chi connectivity index (χ3n) is 4.40. The molecule has 205 valence electrons. The molecule has 0 aliphatic rings. The molecular weight excluding hydrogens is 612 g/mol. The molecule has 10 N–H and O–H groups in total. The standard InChI is InChI=1S/2C6H12N2O7P2.Cu/c2*9-6(16(10,11)12,17(13,14)15)1-3-8-4-2-7-5-8;/h2*2,4-5,9H,1,3H2,(H2,10,11,12)(H2,13,14,15);/q;;+2. The van der Waals surface area contributed by atoms with E-state index in [2.05, 4.69) is 9.97 Å². The summed E-state index contributed by atoms with van der Waals surface area (Å²) in [4.78, 5) is 78.0. The first-order valence-corrected chi connectivity index (χ1v) is 15.2. The number of aliphatic hydroxyl groups is 2. The Hall–Kier alpha value is -0.541. The minimum atomic E-state index is -5.37. The zero-order chi connectivity index (χ0) is 26.6. The maximum Gasteiger partial charge on any atom is 2.00 e. The third kappa shape index (κ3) is 8.77. The van der Waals surface area contributed by atoms with Crippen LogP contribution in [0.1, 0.15) is 12.8 Å². The van der Waals surface area contributed by atoms with E-state index in [-0.39, 0.29) is 30.2 Å². The Labute approximate surface area is 207 Å². The molecule has 0 fully saturated rings. The van der Waals surface area contributed by atoms with Gasteiger partial charge in [-0.3, -0.25) is 18.3 Å². The van der Waals surface area contributed by atoms with Crippen LogP contribution < -0.4 is 0 Å². The van der Waals surface area contributed by atoms with E-state index in [4.69, 9.17) is 39.1 Å². The molecule has 0 spiro atoms. The first-order valence-electron chi connectivity index (χ1n) is 8.74. The minimum Gasteiger partial charge on any atom is -0.367 e. The second-order valence-electron chi connectivity index (χ2n) is 6.83. The fourth-order valence-electron chi connectivity index (χ4n) is 2.32. The Morgan fingerprint density at radius 1 is 0.600 bits per heavy atom. The van der Waals surface area contributed by atoms with Crippen LogP contribution >= 0.6 is 30.4 Å². The van der Waals surface area contributed by atoms with Crippen molar-refractivity contribution in [1.82, 2.24) is 19.1 Å². The zero-order valence-electron chi connectivity index (χ0n) is 17.3. The Balaban J connectivity index is 0.000000642. The topological polar surface area (TPSA) is 306 Å². The summed E-state index contributed by atoms with van der Waals surface area (Å²) in [6.45, 7) is -0.376. The summed E-state index contributed by atoms with van der Waals surface area (Å²) >= 11 is 0. The zero-order valence-corrected chi connectivity index (χ0v) is 21.8. The van der Waals surface area contributed by atoms with E-state index in [0.29, 0.717) is 0 Å². The van der Waals surface area contributed by atoms with Crippen molar-refractivity contribution in [2.45, 2.75) is 36.1 Å². The predicted octanol–water partition coefficient (Wildman–Crippen LogP) is -1.45. The van der Waals surface area contributed by atoms with Crippen molar-refractivity contribution in [1.29, 1.82) is 0 Å². The van der Waals surface area contributed by atoms with Crippen molar-refractivity contribution in [2.24, 2.45) is 0 Å². The van der Waals surface area contributed by atoms with Crippen molar-refractivity contribution < 1.29 is 84.7 Å². The van der Waals surface area contributed by atoms with E-state index in [0.717, 1.165) is 0 Å². The van der Waals surface area contributed by atoms with Crippen LogP contribution in [0.25, 0.3) is 0 Å². The van der Waals surface area contributed by atoms with Crippen LogP contribution in [0.3, 0.4) is 0 Å². The first kappa shape index (κ1) is 34.5. The number of imidazole rings is 2. The van der Waals surface area contributed by atoms with Crippen LogP contribution in [-0.4, -0.2) is 78.6 Å². The fraction of sp³-hybridized carbons (Fsp3) is 0.500. The molecule has 0 aromatic carbocycles. The van der Waals surface area contributed by atoms with Crippen molar-refractivity contribution >= 4 is 30.4 Å². The van der Waals surface area contributed by atoms with Gasteiger partial charge in [-0.2, -0.15) is 0 Å². The Morgan fingerprint density at radius 2 is 0.857 bits per heavy atom. The van der Waals surface area contributed by atoms with Gasteiger partial charge in [0.15, 0.2) is 0 Å². The molecule has 0 atom stereocenters. The number of hydrogen-bond acceptors (Lipinski definition) is 8. The van der Waals surface area contributed by atoms with E-state index in [1.165, 1.54) is 46.6 Å². The summed E-state index contributed by atoms with van der Waals surface area (Å²) in [5.74, 6) is 0. The van der Waals surface area contributed by atoms with Crippen molar-refractivity contribution in [3.8, 4) is 0 Å². The second kappa shape index (κ2) is 12.3. The molecule has 0 aliphatic carbocycles. The van der Waals surface area contributed by atoms with Crippen molar-refractivity contribution in [3.63, 3.8) is 0 Å². The van der Waals surface area contributed by atoms with Crippen molar-refractivity contribution in [2.75, 3.05) is 0 Å². The molecule has 0 saturated carbocycles. The van der Waals surface area contributed by atoms with E-state index in [1.807, 2.05) is 0 Å². The molecular formula is C12H24CuN4O14P4+2. The number of aromatic nitrogens is 4. The van der Waals surface area contributed by atoms with Gasteiger partial charge in [0.25, 0.3) is 10.2 Å². The Morgan fingerprint density at radius 3 is 1.03 bits per heavy atom. The number of rotatable bonds is 10. The molecule has 35 heavy (non-hydrogen) atoms. The molecule has 2 heterocycles. The quantitative estimate of drug-likeness (QED) is 0.105. The summed E-state index contributed by atoms with van der Waals surface area (Å²) in [6.07, 6.45) is 6.62. The molecule has 18 nitrogen and oxygen atoms in total. The molecule has 2 aromatic rings. The van der Waals surface area contributed by atoms with Crippen LogP contribution in [-0.2, 0) is 48.4 Å². The minimum absolute atomic E-state index is 0. The molecule has 2 aromatic heterocycles. The fourth-order valence-corrected chi connectivity index (χ4v) is 6.60. The van der Waals surface area contributed by atoms with Gasteiger partial charge in [-0.05, 0) is 0 Å². The van der Waals surface area contributed by atoms with Gasteiger partial charge in [0.2, 0.25) is 0 Å². The average molecular weight is 636 g/mol. The van der Waals surface area contributed by atoms with Gasteiger partial charge in [-0.15, -0.1) is 0 Å². The van der Waals surface area contributed by atoms with Gasteiger partial charge < -0.3 is 58.5 Å². The van der Waals surface area contributed by atoms with Gasteiger partial charge in [0.1, 0.15) is 0 Å². The smallest absolute Gasteiger partial charge is 0.367 e. The number of nitrogens with zero attached hydrogens (tertiary/aromatic N) is 4. The van der Waals surface area contributed by atoms with E-state index >= 15 is 0 Å². The normalized spacial score (nSPS) is 13.5. The molecule has 0 saturated heterocycles. The van der Waals surface area contributed by atoms with Crippen LogP contribution in [0.15, 0.2) is 37.4 Å². The van der Waals surface area contributed by atoms with Crippen LogP contribution in [0, 0.1) is 0 Å². The summed E-state index contributed by atoms with van der Waals surface area (Å²) in [6, 6.07) is 0. The largest absolute Gasteiger partial charge is 2.00 e. The summed E-state index contributed by atoms with van der Waals surface area (Å²) in [5.41, 5.74) is 0. The molecule has 0 aliphatic heterocycles. The SMILES string of the molecule is O=P(O)(O)C(O)(CCn1ccnc1)P(=O)(O)O.O=P(O)(O)C(O)(CCn1ccnc1)P(=O)(O)O.[Cu+2]. The molecule has 2 rings (SSSR count). The monoisotopic (exact) mass is 635 g/mol. The Kier molecular flexibility index (Phi) is 12.1. The van der Waals surface area contributed by atoms with E-state index < -0.39 is 53.4 Å². The maximum absolute atomic E-state index is 11.0. The van der Waals surface area contributed by atoms with Gasteiger partial charge in [-0.1, -0.05) is 0 Å². The molecule has 0 amide bonds. The van der Waals surface area contributed by atoms with Gasteiger partial charge >= 0.3 is 47.5 Å². The van der Waals surface area contributed by atoms with Gasteiger partial charge in [0.05, 0.1) is 12.7 Å². The van der Waals surface area contributed by atoms with Gasteiger partial charge in [-0.25, -0.2) is 9.97 Å². The van der Waals surface area contributed by atoms with E-state index in [9.17, 15) is 28.5 Å². The van der Waals surface area contributed by atoms with Gasteiger partial charge in [0, 0.05) is 50.7 Å². The summed E-state index contributed by atoms with van der Waals surface area (Å²) < 4.78 is 46.6. The molecule has 23 heteroatoms. The molecule has 0 unspecified atom stereocenters. The number of hydrogen-bond donors (Lipinski definition) is 10. The van der Waals surface area contributed by atoms with Crippen LogP contribution in [0.4, 0.5) is 0 Å². The number of aryl methyl sites for hydroxylation is 2. The Bertz CT molecular complexity index is 972. The second-order valence-corrected chi connectivity index (χ2v) is 14.8. The predicted molar refractivity (Wildman–Crippen MR) is 112 cm³/mol. The third-order valence-corrected chi connectivity index (χ3v) is 12.1. The molecule has 1 radical (unpaired) electrons.